The van der Waals surface area contributed by atoms with Gasteiger partial charge in [0.25, 0.3) is 0 Å². The van der Waals surface area contributed by atoms with Crippen LogP contribution in [0, 0.1) is 0 Å². The molecule has 1 aromatic rings. The summed E-state index contributed by atoms with van der Waals surface area (Å²) in [5, 5.41) is 4.79. The molecule has 0 atom stereocenters. The van der Waals surface area contributed by atoms with Gasteiger partial charge in [0, 0.05) is 13.1 Å². The number of nitrogens with zero attached hydrogens (tertiary/aromatic N) is 3. The van der Waals surface area contributed by atoms with Gasteiger partial charge in [-0.15, -0.1) is 0 Å². The van der Waals surface area contributed by atoms with Crippen molar-refractivity contribution >= 4 is 11.6 Å². The second kappa shape index (κ2) is 4.60. The van der Waals surface area contributed by atoms with E-state index in [0.29, 0.717) is 11.6 Å². The predicted octanol–water partition coefficient (Wildman–Crippen LogP) is 0.557. The average Bonchev–Trinajstić information content (AvgIpc) is 2.42. The normalized spacial score (nSPS) is 11.2. The number of hydrogen-bond donors (Lipinski definition) is 1. The quantitative estimate of drug-likeness (QED) is 0.776. The van der Waals surface area contributed by atoms with Crippen LogP contribution in [-0.4, -0.2) is 35.3 Å². The van der Waals surface area contributed by atoms with Crippen LogP contribution in [0.25, 0.3) is 0 Å². The summed E-state index contributed by atoms with van der Waals surface area (Å²) in [6, 6.07) is 0. The maximum atomic E-state index is 5.88. The van der Waals surface area contributed by atoms with Crippen molar-refractivity contribution in [1.29, 1.82) is 0 Å². The van der Waals surface area contributed by atoms with Crippen LogP contribution < -0.4 is 5.73 Å². The van der Waals surface area contributed by atoms with Gasteiger partial charge in [-0.05, 0) is 14.1 Å². The van der Waals surface area contributed by atoms with Crippen LogP contribution in [0.5, 0.6) is 0 Å². The van der Waals surface area contributed by atoms with Crippen LogP contribution in [0.4, 0.5) is 0 Å². The fourth-order valence-corrected chi connectivity index (χ4v) is 1.30. The Hall–Kier alpha value is -0.580. The van der Waals surface area contributed by atoms with Crippen LogP contribution in [-0.2, 0) is 13.1 Å². The molecule has 1 aromatic heterocycles. The Morgan fingerprint density at radius 1 is 1.62 bits per heavy atom. The third-order valence-corrected chi connectivity index (χ3v) is 2.17. The topological polar surface area (TPSA) is 47.1 Å². The molecule has 13 heavy (non-hydrogen) atoms. The minimum absolute atomic E-state index is 0.437. The summed E-state index contributed by atoms with van der Waals surface area (Å²) in [7, 11) is 4.04. The van der Waals surface area contributed by atoms with E-state index in [0.717, 1.165) is 18.8 Å². The van der Waals surface area contributed by atoms with Gasteiger partial charge in [0.05, 0.1) is 23.5 Å². The van der Waals surface area contributed by atoms with Crippen molar-refractivity contribution in [2.45, 2.75) is 13.1 Å². The minimum atomic E-state index is 0.437. The highest BCUT2D eigenvalue weighted by Crippen LogP contribution is 2.13. The highest BCUT2D eigenvalue weighted by molar-refractivity contribution is 6.31. The predicted molar refractivity (Wildman–Crippen MR) is 53.7 cm³/mol. The molecule has 0 radical (unpaired) electrons. The highest BCUT2D eigenvalue weighted by Gasteiger charge is 2.06. The Kier molecular flexibility index (Phi) is 3.71. The van der Waals surface area contributed by atoms with Crippen molar-refractivity contribution < 1.29 is 0 Å². The lowest BCUT2D eigenvalue weighted by Gasteiger charge is -2.11. The van der Waals surface area contributed by atoms with Crippen LogP contribution in [0.1, 0.15) is 5.69 Å². The summed E-state index contributed by atoms with van der Waals surface area (Å²) in [5.41, 5.74) is 6.45. The van der Waals surface area contributed by atoms with Crippen LogP contribution in [0.2, 0.25) is 5.02 Å². The molecular weight excluding hydrogens is 188 g/mol. The molecule has 0 saturated heterocycles. The van der Waals surface area contributed by atoms with Crippen molar-refractivity contribution in [1.82, 2.24) is 14.7 Å². The van der Waals surface area contributed by atoms with Gasteiger partial charge in [-0.1, -0.05) is 11.6 Å². The summed E-state index contributed by atoms with van der Waals surface area (Å²) in [4.78, 5) is 2.09. The van der Waals surface area contributed by atoms with E-state index in [4.69, 9.17) is 17.3 Å². The third kappa shape index (κ3) is 2.69. The minimum Gasteiger partial charge on any atom is -0.325 e. The second-order valence-electron chi connectivity index (χ2n) is 3.17. The van der Waals surface area contributed by atoms with Crippen molar-refractivity contribution in [3.8, 4) is 0 Å². The van der Waals surface area contributed by atoms with Crippen LogP contribution in [0.15, 0.2) is 6.20 Å². The van der Waals surface area contributed by atoms with Gasteiger partial charge >= 0.3 is 0 Å². The van der Waals surface area contributed by atoms with Crippen molar-refractivity contribution in [3.63, 3.8) is 0 Å². The number of halogens is 1. The maximum Gasteiger partial charge on any atom is 0.0831 e. The molecule has 0 spiro atoms. The monoisotopic (exact) mass is 202 g/mol. The van der Waals surface area contributed by atoms with E-state index < -0.39 is 0 Å². The fraction of sp³-hybridized carbons (Fsp3) is 0.625. The molecule has 2 N–H and O–H groups in total. The van der Waals surface area contributed by atoms with E-state index in [1.807, 2.05) is 18.8 Å². The summed E-state index contributed by atoms with van der Waals surface area (Å²) in [6.45, 7) is 2.20. The first kappa shape index (κ1) is 10.5. The zero-order valence-electron chi connectivity index (χ0n) is 8.00. The van der Waals surface area contributed by atoms with Gasteiger partial charge in [0.1, 0.15) is 0 Å². The van der Waals surface area contributed by atoms with Crippen LogP contribution in [0.3, 0.4) is 0 Å². The third-order valence-electron chi connectivity index (χ3n) is 1.85. The molecule has 74 valence electrons. The van der Waals surface area contributed by atoms with Crippen molar-refractivity contribution in [3.05, 3.63) is 16.9 Å². The Bertz CT molecular complexity index is 269. The first-order valence-corrected chi connectivity index (χ1v) is 4.58. The zero-order valence-corrected chi connectivity index (χ0v) is 8.75. The van der Waals surface area contributed by atoms with Gasteiger partial charge < -0.3 is 10.6 Å². The summed E-state index contributed by atoms with van der Waals surface area (Å²) >= 11 is 5.88. The van der Waals surface area contributed by atoms with E-state index in [-0.39, 0.29) is 0 Å². The smallest absolute Gasteiger partial charge is 0.0831 e. The van der Waals surface area contributed by atoms with E-state index in [1.165, 1.54) is 0 Å². The fourth-order valence-electron chi connectivity index (χ4n) is 1.08. The zero-order chi connectivity index (χ0) is 9.84. The number of rotatable bonds is 4. The Labute approximate surface area is 83.3 Å². The molecule has 0 bridgehead atoms. The van der Waals surface area contributed by atoms with E-state index in [1.54, 1.807) is 6.20 Å². The van der Waals surface area contributed by atoms with Gasteiger partial charge in [-0.2, -0.15) is 5.10 Å². The molecule has 0 amide bonds. The molecule has 1 rings (SSSR count). The molecule has 0 saturated carbocycles. The number of hydrogen-bond acceptors (Lipinski definition) is 3. The van der Waals surface area contributed by atoms with E-state index in [9.17, 15) is 0 Å². The summed E-state index contributed by atoms with van der Waals surface area (Å²) in [6.07, 6.45) is 1.64. The van der Waals surface area contributed by atoms with E-state index in [2.05, 4.69) is 10.00 Å². The molecule has 0 aliphatic rings. The maximum absolute atomic E-state index is 5.88. The Morgan fingerprint density at radius 2 is 2.31 bits per heavy atom. The lowest BCUT2D eigenvalue weighted by molar-refractivity contribution is 0.369. The number of likely N-dealkylation sites (N-methyl/N-ethyl adjacent to an activating group) is 1. The van der Waals surface area contributed by atoms with Gasteiger partial charge in [0.15, 0.2) is 0 Å². The summed E-state index contributed by atoms with van der Waals surface area (Å²) in [5.74, 6) is 0. The van der Waals surface area contributed by atoms with Crippen molar-refractivity contribution in [2.24, 2.45) is 5.73 Å². The van der Waals surface area contributed by atoms with E-state index >= 15 is 0 Å². The highest BCUT2D eigenvalue weighted by atomic mass is 35.5. The number of nitrogens with two attached hydrogens (primary N) is 1. The number of aromatic nitrogens is 2. The molecular formula is C8H15ClN4. The second-order valence-corrected chi connectivity index (χ2v) is 3.58. The van der Waals surface area contributed by atoms with Crippen molar-refractivity contribution in [2.75, 3.05) is 20.6 Å². The van der Waals surface area contributed by atoms with Gasteiger partial charge in [-0.25, -0.2) is 0 Å². The summed E-state index contributed by atoms with van der Waals surface area (Å²) < 4.78 is 1.85. The molecule has 1 heterocycles. The molecule has 0 aliphatic heterocycles. The first-order chi connectivity index (χ1) is 6.15. The molecule has 0 unspecified atom stereocenters. The molecule has 0 aliphatic carbocycles. The lowest BCUT2D eigenvalue weighted by atomic mass is 10.4. The SMILES string of the molecule is CN(C)CCn1ncc(Cl)c1CN. The van der Waals surface area contributed by atoms with Gasteiger partial charge in [-0.3, -0.25) is 4.68 Å². The van der Waals surface area contributed by atoms with Gasteiger partial charge in [0.2, 0.25) is 0 Å². The lowest BCUT2D eigenvalue weighted by Crippen LogP contribution is -2.20. The molecule has 5 heteroatoms. The molecule has 0 fully saturated rings. The Morgan fingerprint density at radius 3 is 2.85 bits per heavy atom. The first-order valence-electron chi connectivity index (χ1n) is 4.20. The molecule has 4 nitrogen and oxygen atoms in total. The Balaban J connectivity index is 2.65. The molecule has 0 aromatic carbocycles. The standard InChI is InChI=1S/C8H15ClN4/c1-12(2)3-4-13-8(5-10)7(9)6-11-13/h6H,3-5,10H2,1-2H3. The largest absolute Gasteiger partial charge is 0.325 e. The average molecular weight is 203 g/mol. The van der Waals surface area contributed by atoms with Crippen LogP contribution >= 0.6 is 11.6 Å².